The number of para-hydroxylation sites is 1. The number of hydrogen-bond donors (Lipinski definition) is 2. The molecule has 0 aromatic heterocycles. The fraction of sp³-hybridized carbons (Fsp3) is 0.562. The molecule has 2 unspecified atom stereocenters. The minimum Gasteiger partial charge on any atom is -0.328 e. The number of nitrogens with two attached hydrogens (primary N) is 1. The Morgan fingerprint density at radius 2 is 2.05 bits per heavy atom. The zero-order valence-electron chi connectivity index (χ0n) is 13.1. The van der Waals surface area contributed by atoms with E-state index in [4.69, 9.17) is 5.73 Å². The number of carbonyl (C=O) groups is 1. The average molecular weight is 312 g/mol. The van der Waals surface area contributed by atoms with Crippen LogP contribution in [0.5, 0.6) is 0 Å². The smallest absolute Gasteiger partial charge is 0.238 e. The predicted molar refractivity (Wildman–Crippen MR) is 90.0 cm³/mol. The molecule has 1 aromatic carbocycles. The van der Waals surface area contributed by atoms with Crippen LogP contribution in [0.2, 0.25) is 0 Å². The van der Waals surface area contributed by atoms with Gasteiger partial charge in [-0.25, -0.2) is 0 Å². The molecular formula is C16H26ClN3O. The standard InChI is InChI=1S/C16H25N3O.ClH/c1-11-5-4-6-12(2)16(11)18-15(20)10-19-8-7-14(9-19)13(3)17;/h4-6,13-14H,7-10,17H2,1-3H3,(H,18,20);1H. The Bertz CT molecular complexity index is 470. The highest BCUT2D eigenvalue weighted by Crippen LogP contribution is 2.21. The fourth-order valence-electron chi connectivity index (χ4n) is 2.83. The van der Waals surface area contributed by atoms with Gasteiger partial charge in [-0.15, -0.1) is 12.4 Å². The van der Waals surface area contributed by atoms with E-state index in [9.17, 15) is 4.79 Å². The summed E-state index contributed by atoms with van der Waals surface area (Å²) in [5.74, 6) is 0.579. The number of nitrogens with zero attached hydrogens (tertiary/aromatic N) is 1. The maximum Gasteiger partial charge on any atom is 0.238 e. The number of halogens is 1. The molecule has 1 aliphatic rings. The minimum atomic E-state index is 0. The van der Waals surface area contributed by atoms with Crippen molar-refractivity contribution in [3.05, 3.63) is 29.3 Å². The van der Waals surface area contributed by atoms with Crippen molar-refractivity contribution in [2.75, 3.05) is 25.0 Å². The van der Waals surface area contributed by atoms with Gasteiger partial charge in [0.15, 0.2) is 0 Å². The Kier molecular flexibility index (Phi) is 6.65. The topological polar surface area (TPSA) is 58.4 Å². The minimum absolute atomic E-state index is 0. The summed E-state index contributed by atoms with van der Waals surface area (Å²) in [7, 11) is 0. The second kappa shape index (κ2) is 7.78. The second-order valence-corrected chi connectivity index (χ2v) is 5.96. The van der Waals surface area contributed by atoms with Crippen molar-refractivity contribution in [2.24, 2.45) is 11.7 Å². The first kappa shape index (κ1) is 18.0. The van der Waals surface area contributed by atoms with Crippen LogP contribution in [-0.4, -0.2) is 36.5 Å². The molecular weight excluding hydrogens is 286 g/mol. The van der Waals surface area contributed by atoms with Gasteiger partial charge < -0.3 is 11.1 Å². The molecule has 1 heterocycles. The lowest BCUT2D eigenvalue weighted by Gasteiger charge is -2.18. The molecule has 0 aliphatic carbocycles. The fourth-order valence-corrected chi connectivity index (χ4v) is 2.83. The molecule has 21 heavy (non-hydrogen) atoms. The number of hydrogen-bond acceptors (Lipinski definition) is 3. The molecule has 3 N–H and O–H groups in total. The molecule has 1 amide bonds. The summed E-state index contributed by atoms with van der Waals surface area (Å²) in [6.45, 7) is 8.43. The van der Waals surface area contributed by atoms with Gasteiger partial charge in [-0.3, -0.25) is 9.69 Å². The lowest BCUT2D eigenvalue weighted by atomic mass is 10.0. The van der Waals surface area contributed by atoms with Crippen molar-refractivity contribution < 1.29 is 4.79 Å². The molecule has 118 valence electrons. The van der Waals surface area contributed by atoms with Crippen LogP contribution in [0.1, 0.15) is 24.5 Å². The van der Waals surface area contributed by atoms with Crippen LogP contribution in [0.25, 0.3) is 0 Å². The van der Waals surface area contributed by atoms with Crippen molar-refractivity contribution in [1.82, 2.24) is 4.90 Å². The predicted octanol–water partition coefficient (Wildman–Crippen LogP) is 2.33. The number of amides is 1. The lowest BCUT2D eigenvalue weighted by Crippen LogP contribution is -2.34. The first-order valence-corrected chi connectivity index (χ1v) is 7.31. The van der Waals surface area contributed by atoms with Crippen LogP contribution in [0.15, 0.2) is 18.2 Å². The number of anilines is 1. The molecule has 1 aromatic rings. The monoisotopic (exact) mass is 311 g/mol. The third kappa shape index (κ3) is 4.70. The third-order valence-electron chi connectivity index (χ3n) is 4.17. The summed E-state index contributed by atoms with van der Waals surface area (Å²) in [6, 6.07) is 6.25. The Morgan fingerprint density at radius 3 is 2.57 bits per heavy atom. The molecule has 1 saturated heterocycles. The van der Waals surface area contributed by atoms with E-state index in [-0.39, 0.29) is 24.4 Å². The van der Waals surface area contributed by atoms with E-state index in [2.05, 4.69) is 10.2 Å². The van der Waals surface area contributed by atoms with E-state index in [0.717, 1.165) is 36.3 Å². The highest BCUT2D eigenvalue weighted by molar-refractivity contribution is 5.93. The molecule has 4 nitrogen and oxygen atoms in total. The van der Waals surface area contributed by atoms with Gasteiger partial charge in [-0.05, 0) is 50.8 Å². The van der Waals surface area contributed by atoms with Gasteiger partial charge in [-0.1, -0.05) is 18.2 Å². The van der Waals surface area contributed by atoms with Crippen molar-refractivity contribution in [3.8, 4) is 0 Å². The van der Waals surface area contributed by atoms with Gasteiger partial charge in [0.25, 0.3) is 0 Å². The highest BCUT2D eigenvalue weighted by atomic mass is 35.5. The molecule has 0 bridgehead atoms. The maximum absolute atomic E-state index is 12.2. The van der Waals surface area contributed by atoms with Gasteiger partial charge in [0.2, 0.25) is 5.91 Å². The number of nitrogens with one attached hydrogen (secondary N) is 1. The number of carbonyl (C=O) groups excluding carboxylic acids is 1. The summed E-state index contributed by atoms with van der Waals surface area (Å²) in [5.41, 5.74) is 9.08. The van der Waals surface area contributed by atoms with Crippen LogP contribution < -0.4 is 11.1 Å². The molecule has 0 spiro atoms. The molecule has 2 atom stereocenters. The quantitative estimate of drug-likeness (QED) is 0.897. The van der Waals surface area contributed by atoms with Crippen LogP contribution in [-0.2, 0) is 4.79 Å². The normalized spacial score (nSPS) is 19.9. The van der Waals surface area contributed by atoms with E-state index in [1.54, 1.807) is 0 Å². The Hall–Kier alpha value is -1.10. The number of likely N-dealkylation sites (tertiary alicyclic amines) is 1. The summed E-state index contributed by atoms with van der Waals surface area (Å²) < 4.78 is 0. The van der Waals surface area contributed by atoms with Crippen LogP contribution in [0.3, 0.4) is 0 Å². The van der Waals surface area contributed by atoms with Crippen LogP contribution >= 0.6 is 12.4 Å². The Balaban J connectivity index is 0.00000220. The first-order chi connectivity index (χ1) is 9.47. The molecule has 0 radical (unpaired) electrons. The van der Waals surface area contributed by atoms with Crippen molar-refractivity contribution in [2.45, 2.75) is 33.2 Å². The van der Waals surface area contributed by atoms with Gasteiger partial charge in [-0.2, -0.15) is 0 Å². The summed E-state index contributed by atoms with van der Waals surface area (Å²) in [4.78, 5) is 14.4. The summed E-state index contributed by atoms with van der Waals surface area (Å²) in [6.07, 6.45) is 1.09. The van der Waals surface area contributed by atoms with E-state index >= 15 is 0 Å². The maximum atomic E-state index is 12.2. The van der Waals surface area contributed by atoms with Crippen LogP contribution in [0, 0.1) is 19.8 Å². The number of aryl methyl sites for hydroxylation is 2. The number of benzene rings is 1. The SMILES string of the molecule is Cc1cccc(C)c1NC(=O)CN1CCC(C(C)N)C1.Cl. The highest BCUT2D eigenvalue weighted by Gasteiger charge is 2.26. The van der Waals surface area contributed by atoms with Gasteiger partial charge in [0, 0.05) is 18.3 Å². The summed E-state index contributed by atoms with van der Waals surface area (Å²) >= 11 is 0. The molecule has 2 rings (SSSR count). The van der Waals surface area contributed by atoms with Crippen molar-refractivity contribution >= 4 is 24.0 Å². The lowest BCUT2D eigenvalue weighted by molar-refractivity contribution is -0.117. The molecule has 5 heteroatoms. The van der Waals surface area contributed by atoms with E-state index in [1.165, 1.54) is 0 Å². The average Bonchev–Trinajstić information content (AvgIpc) is 2.82. The third-order valence-corrected chi connectivity index (χ3v) is 4.17. The molecule has 1 fully saturated rings. The van der Waals surface area contributed by atoms with Gasteiger partial charge in [0.05, 0.1) is 6.54 Å². The zero-order valence-corrected chi connectivity index (χ0v) is 13.9. The van der Waals surface area contributed by atoms with E-state index in [1.807, 2.05) is 39.0 Å². The Morgan fingerprint density at radius 1 is 1.43 bits per heavy atom. The van der Waals surface area contributed by atoms with Crippen LogP contribution in [0.4, 0.5) is 5.69 Å². The van der Waals surface area contributed by atoms with Crippen molar-refractivity contribution in [3.63, 3.8) is 0 Å². The second-order valence-electron chi connectivity index (χ2n) is 5.96. The first-order valence-electron chi connectivity index (χ1n) is 7.31. The largest absolute Gasteiger partial charge is 0.328 e. The van der Waals surface area contributed by atoms with E-state index < -0.39 is 0 Å². The van der Waals surface area contributed by atoms with Crippen molar-refractivity contribution in [1.29, 1.82) is 0 Å². The van der Waals surface area contributed by atoms with Gasteiger partial charge >= 0.3 is 0 Å². The Labute approximate surface area is 133 Å². The molecule has 0 saturated carbocycles. The van der Waals surface area contributed by atoms with E-state index in [0.29, 0.717) is 12.5 Å². The van der Waals surface area contributed by atoms with Gasteiger partial charge in [0.1, 0.15) is 0 Å². The number of rotatable bonds is 4. The summed E-state index contributed by atoms with van der Waals surface area (Å²) in [5, 5.41) is 3.04. The zero-order chi connectivity index (χ0) is 14.7. The molecule has 1 aliphatic heterocycles.